The fourth-order valence-corrected chi connectivity index (χ4v) is 5.98. The maximum absolute atomic E-state index is 12.9. The minimum atomic E-state index is -0.340. The van der Waals surface area contributed by atoms with Gasteiger partial charge in [0, 0.05) is 22.4 Å². The van der Waals surface area contributed by atoms with Gasteiger partial charge < -0.3 is 15.4 Å². The summed E-state index contributed by atoms with van der Waals surface area (Å²) in [4.78, 5) is 38.0. The molecule has 0 saturated heterocycles. The van der Waals surface area contributed by atoms with Crippen LogP contribution in [0.4, 0.5) is 5.69 Å². The summed E-state index contributed by atoms with van der Waals surface area (Å²) in [5.41, 5.74) is 1.95. The minimum Gasteiger partial charge on any atom is -0.463 e. The number of fused-ring (bicyclic) bond motifs is 1. The first-order valence-electron chi connectivity index (χ1n) is 11.0. The van der Waals surface area contributed by atoms with Crippen molar-refractivity contribution >= 4 is 46.8 Å². The van der Waals surface area contributed by atoms with Gasteiger partial charge in [-0.2, -0.15) is 0 Å². The molecule has 2 atom stereocenters. The number of nitrogens with one attached hydrogen (secondary N) is 2. The van der Waals surface area contributed by atoms with Crippen LogP contribution >= 0.6 is 23.4 Å². The van der Waals surface area contributed by atoms with Crippen LogP contribution in [0.1, 0.15) is 53.3 Å². The smallest absolute Gasteiger partial charge is 0.336 e. The number of carbonyl (C=O) groups is 3. The van der Waals surface area contributed by atoms with Crippen molar-refractivity contribution in [2.24, 2.45) is 5.92 Å². The van der Waals surface area contributed by atoms with Crippen molar-refractivity contribution in [1.29, 1.82) is 0 Å². The molecule has 4 rings (SSSR count). The van der Waals surface area contributed by atoms with E-state index in [1.807, 2.05) is 0 Å². The number of amides is 2. The lowest BCUT2D eigenvalue weighted by atomic mass is 9.84. The second-order valence-corrected chi connectivity index (χ2v) is 9.63. The van der Waals surface area contributed by atoms with Crippen molar-refractivity contribution in [3.05, 3.63) is 75.3 Å². The average Bonchev–Trinajstić information content (AvgIpc) is 3.17. The van der Waals surface area contributed by atoms with E-state index in [4.69, 9.17) is 16.3 Å². The lowest BCUT2D eigenvalue weighted by Crippen LogP contribution is -2.26. The van der Waals surface area contributed by atoms with E-state index in [-0.39, 0.29) is 23.7 Å². The Labute approximate surface area is 202 Å². The number of esters is 1. The number of halogens is 1. The first kappa shape index (κ1) is 23.4. The summed E-state index contributed by atoms with van der Waals surface area (Å²) in [6.45, 7) is 2.08. The van der Waals surface area contributed by atoms with E-state index in [2.05, 4.69) is 10.6 Å². The molecule has 2 aromatic carbocycles. The summed E-state index contributed by atoms with van der Waals surface area (Å²) >= 11 is 7.65. The Balaban J connectivity index is 1.46. The van der Waals surface area contributed by atoms with Gasteiger partial charge in [-0.25, -0.2) is 4.79 Å². The molecule has 2 aliphatic rings. The maximum Gasteiger partial charge on any atom is 0.336 e. The number of hydrogen-bond acceptors (Lipinski definition) is 5. The fraction of sp³-hybridized carbons (Fsp3) is 0.320. The monoisotopic (exact) mass is 484 g/mol. The van der Waals surface area contributed by atoms with Crippen molar-refractivity contribution in [3.63, 3.8) is 0 Å². The average molecular weight is 485 g/mol. The van der Waals surface area contributed by atoms with Crippen molar-refractivity contribution in [2.75, 3.05) is 11.9 Å². The van der Waals surface area contributed by atoms with Crippen LogP contribution in [0.25, 0.3) is 0 Å². The van der Waals surface area contributed by atoms with Crippen LogP contribution in [0, 0.1) is 5.92 Å². The summed E-state index contributed by atoms with van der Waals surface area (Å²) in [6, 6.07) is 13.4. The molecule has 0 bridgehead atoms. The first-order valence-corrected chi connectivity index (χ1v) is 12.3. The Kier molecular flexibility index (Phi) is 7.40. The molecule has 2 amide bonds. The Hall–Kier alpha value is -2.77. The lowest BCUT2D eigenvalue weighted by Gasteiger charge is -2.25. The van der Waals surface area contributed by atoms with Gasteiger partial charge in [0.1, 0.15) is 0 Å². The van der Waals surface area contributed by atoms with E-state index in [1.165, 1.54) is 0 Å². The quantitative estimate of drug-likeness (QED) is 0.536. The van der Waals surface area contributed by atoms with Gasteiger partial charge in [-0.05, 0) is 56.2 Å². The highest BCUT2D eigenvalue weighted by atomic mass is 35.5. The number of carbonyl (C=O) groups excluding carboxylic acids is 3. The van der Waals surface area contributed by atoms with E-state index in [1.54, 1.807) is 67.2 Å². The van der Waals surface area contributed by atoms with Gasteiger partial charge >= 0.3 is 5.97 Å². The predicted octanol–water partition coefficient (Wildman–Crippen LogP) is 5.40. The van der Waals surface area contributed by atoms with E-state index in [0.29, 0.717) is 44.3 Å². The summed E-state index contributed by atoms with van der Waals surface area (Å²) in [7, 11) is 0. The third-order valence-corrected chi connectivity index (χ3v) is 7.59. The van der Waals surface area contributed by atoms with Gasteiger partial charge in [0.05, 0.1) is 27.8 Å². The molecule has 1 aliphatic carbocycles. The zero-order chi connectivity index (χ0) is 23.4. The zero-order valence-corrected chi connectivity index (χ0v) is 19.8. The molecule has 2 N–H and O–H groups in total. The Morgan fingerprint density at radius 3 is 2.45 bits per heavy atom. The molecule has 1 saturated carbocycles. The van der Waals surface area contributed by atoms with Crippen LogP contribution in [-0.4, -0.2) is 29.6 Å². The number of hydrogen-bond donors (Lipinski definition) is 2. The highest BCUT2D eigenvalue weighted by molar-refractivity contribution is 8.04. The highest BCUT2D eigenvalue weighted by Crippen LogP contribution is 2.48. The topological polar surface area (TPSA) is 84.5 Å². The third kappa shape index (κ3) is 5.25. The number of benzene rings is 2. The molecule has 0 spiro atoms. The molecule has 33 heavy (non-hydrogen) atoms. The summed E-state index contributed by atoms with van der Waals surface area (Å²) in [6.07, 6.45) is 4.17. The fourth-order valence-electron chi connectivity index (χ4n) is 4.23. The van der Waals surface area contributed by atoms with Crippen molar-refractivity contribution in [2.45, 2.75) is 37.9 Å². The standard InChI is InChI=1S/C25H25ClN2O4S/c1-2-32-25(31)21-18-8-4-6-10-20(18)33-24(21)28-22(29)15-11-13-16(14-12-15)27-23(30)17-7-3-5-9-19(17)26/h3,5,7,9,11-14,18,20H,2,4,6,8,10H2,1H3,(H,27,30)(H,28,29)/t18-,20-/m1/s1. The zero-order valence-electron chi connectivity index (χ0n) is 18.2. The normalized spacial score (nSPS) is 19.6. The molecule has 0 aromatic heterocycles. The van der Waals surface area contributed by atoms with Crippen LogP contribution < -0.4 is 10.6 Å². The van der Waals surface area contributed by atoms with E-state index >= 15 is 0 Å². The van der Waals surface area contributed by atoms with Gasteiger partial charge in [-0.15, -0.1) is 11.8 Å². The highest BCUT2D eigenvalue weighted by Gasteiger charge is 2.41. The van der Waals surface area contributed by atoms with Gasteiger partial charge in [-0.1, -0.05) is 36.6 Å². The van der Waals surface area contributed by atoms with Gasteiger partial charge in [0.15, 0.2) is 0 Å². The number of rotatable bonds is 6. The molecular formula is C25H25ClN2O4S. The minimum absolute atomic E-state index is 0.125. The SMILES string of the molecule is CCOC(=O)C1=C(NC(=O)c2ccc(NC(=O)c3ccccc3Cl)cc2)S[C@@H]2CCCC[C@@H]12. The molecule has 1 heterocycles. The molecular weight excluding hydrogens is 460 g/mol. The summed E-state index contributed by atoms with van der Waals surface area (Å²) in [5, 5.41) is 6.98. The number of thioether (sulfide) groups is 1. The van der Waals surface area contributed by atoms with Crippen LogP contribution in [-0.2, 0) is 9.53 Å². The lowest BCUT2D eigenvalue weighted by molar-refractivity contribution is -0.139. The molecule has 172 valence electrons. The molecule has 1 fully saturated rings. The molecule has 1 aliphatic heterocycles. The molecule has 2 aromatic rings. The van der Waals surface area contributed by atoms with Gasteiger partial charge in [0.2, 0.25) is 0 Å². The van der Waals surface area contributed by atoms with E-state index in [9.17, 15) is 14.4 Å². The maximum atomic E-state index is 12.9. The second kappa shape index (κ2) is 10.4. The number of ether oxygens (including phenoxy) is 1. The largest absolute Gasteiger partial charge is 0.463 e. The number of anilines is 1. The first-order chi connectivity index (χ1) is 16.0. The molecule has 0 radical (unpaired) electrons. The van der Waals surface area contributed by atoms with Crippen LogP contribution in [0.2, 0.25) is 5.02 Å². The van der Waals surface area contributed by atoms with Crippen LogP contribution in [0.3, 0.4) is 0 Å². The Morgan fingerprint density at radius 2 is 1.73 bits per heavy atom. The van der Waals surface area contributed by atoms with E-state index in [0.717, 1.165) is 25.7 Å². The molecule has 0 unspecified atom stereocenters. The predicted molar refractivity (Wildman–Crippen MR) is 130 cm³/mol. The molecule has 6 nitrogen and oxygen atoms in total. The Bertz CT molecular complexity index is 1100. The van der Waals surface area contributed by atoms with Crippen molar-refractivity contribution < 1.29 is 19.1 Å². The van der Waals surface area contributed by atoms with Gasteiger partial charge in [-0.3, -0.25) is 9.59 Å². The summed E-state index contributed by atoms with van der Waals surface area (Å²) < 4.78 is 5.28. The summed E-state index contributed by atoms with van der Waals surface area (Å²) in [5.74, 6) is -0.846. The van der Waals surface area contributed by atoms with E-state index < -0.39 is 0 Å². The molecule has 8 heteroatoms. The second-order valence-electron chi connectivity index (χ2n) is 7.98. The van der Waals surface area contributed by atoms with Gasteiger partial charge in [0.25, 0.3) is 11.8 Å². The van der Waals surface area contributed by atoms with Crippen molar-refractivity contribution in [1.82, 2.24) is 5.32 Å². The van der Waals surface area contributed by atoms with Crippen LogP contribution in [0.15, 0.2) is 59.1 Å². The van der Waals surface area contributed by atoms with Crippen molar-refractivity contribution in [3.8, 4) is 0 Å². The van der Waals surface area contributed by atoms with Crippen LogP contribution in [0.5, 0.6) is 0 Å². The Morgan fingerprint density at radius 1 is 1.00 bits per heavy atom. The third-order valence-electron chi connectivity index (χ3n) is 5.83.